The van der Waals surface area contributed by atoms with E-state index in [0.29, 0.717) is 18.7 Å². The number of hydrogen-bond donors (Lipinski definition) is 0. The van der Waals surface area contributed by atoms with Crippen LogP contribution < -0.4 is 0 Å². The van der Waals surface area contributed by atoms with Crippen molar-refractivity contribution in [2.45, 2.75) is 20.4 Å². The first-order valence-corrected chi connectivity index (χ1v) is 4.37. The van der Waals surface area contributed by atoms with E-state index >= 15 is 0 Å². The van der Waals surface area contributed by atoms with E-state index in [1.807, 2.05) is 0 Å². The summed E-state index contributed by atoms with van der Waals surface area (Å²) >= 11 is 0. The Bertz CT molecular complexity index is 371. The van der Waals surface area contributed by atoms with Gasteiger partial charge in [0.15, 0.2) is 0 Å². The van der Waals surface area contributed by atoms with Crippen molar-refractivity contribution in [3.05, 3.63) is 18.0 Å². The van der Waals surface area contributed by atoms with E-state index in [9.17, 15) is 4.79 Å². The molecule has 1 heterocycles. The zero-order valence-corrected chi connectivity index (χ0v) is 8.28. The molecule has 1 aromatic rings. The standard InChI is InChI=1S/C10H12N2O2/c1-3-5-6-12-8-9(7-11-12)10(13)14-4-2/h7-8H,4,6H2,1-2H3. The number of hydrogen-bond acceptors (Lipinski definition) is 3. The van der Waals surface area contributed by atoms with E-state index in [1.165, 1.54) is 6.20 Å². The molecule has 0 fully saturated rings. The van der Waals surface area contributed by atoms with Gasteiger partial charge in [0.1, 0.15) is 6.54 Å². The molecule has 0 aliphatic heterocycles. The van der Waals surface area contributed by atoms with Crippen LogP contribution in [0.1, 0.15) is 24.2 Å². The number of carbonyl (C=O) groups excluding carboxylic acids is 1. The summed E-state index contributed by atoms with van der Waals surface area (Å²) in [6.45, 7) is 4.40. The van der Waals surface area contributed by atoms with E-state index < -0.39 is 0 Å². The molecule has 0 N–H and O–H groups in total. The molecule has 14 heavy (non-hydrogen) atoms. The second kappa shape index (κ2) is 5.07. The molecular formula is C10H12N2O2. The smallest absolute Gasteiger partial charge is 0.341 e. The second-order valence-electron chi connectivity index (χ2n) is 2.57. The minimum atomic E-state index is -0.344. The van der Waals surface area contributed by atoms with Crippen LogP contribution in [0.25, 0.3) is 0 Å². The summed E-state index contributed by atoms with van der Waals surface area (Å²) in [4.78, 5) is 11.2. The maximum Gasteiger partial charge on any atom is 0.341 e. The van der Waals surface area contributed by atoms with E-state index in [-0.39, 0.29) is 5.97 Å². The third-order valence-corrected chi connectivity index (χ3v) is 1.56. The average Bonchev–Trinajstić information content (AvgIpc) is 2.63. The summed E-state index contributed by atoms with van der Waals surface area (Å²) < 4.78 is 6.42. The summed E-state index contributed by atoms with van der Waals surface area (Å²) in [6, 6.07) is 0. The number of ether oxygens (including phenoxy) is 1. The molecule has 4 heteroatoms. The molecule has 0 atom stereocenters. The summed E-state index contributed by atoms with van der Waals surface area (Å²) in [5, 5.41) is 3.97. The predicted molar refractivity (Wildman–Crippen MR) is 51.6 cm³/mol. The van der Waals surface area contributed by atoms with Gasteiger partial charge in [-0.05, 0) is 13.8 Å². The lowest BCUT2D eigenvalue weighted by atomic mass is 10.4. The van der Waals surface area contributed by atoms with Gasteiger partial charge in [-0.15, -0.1) is 5.92 Å². The molecule has 0 saturated heterocycles. The molecule has 0 unspecified atom stereocenters. The zero-order chi connectivity index (χ0) is 10.4. The van der Waals surface area contributed by atoms with Gasteiger partial charge in [0.2, 0.25) is 0 Å². The highest BCUT2D eigenvalue weighted by molar-refractivity contribution is 5.88. The van der Waals surface area contributed by atoms with Gasteiger partial charge in [0, 0.05) is 6.20 Å². The fourth-order valence-electron chi connectivity index (χ4n) is 0.930. The molecule has 4 nitrogen and oxygen atoms in total. The van der Waals surface area contributed by atoms with Crippen molar-refractivity contribution < 1.29 is 9.53 Å². The SMILES string of the molecule is CC#CCn1cc(C(=O)OCC)cn1. The van der Waals surface area contributed by atoms with Crippen LogP contribution in [0.5, 0.6) is 0 Å². The molecule has 1 aromatic heterocycles. The lowest BCUT2D eigenvalue weighted by Gasteiger charge is -1.96. The van der Waals surface area contributed by atoms with Gasteiger partial charge in [-0.25, -0.2) is 4.79 Å². The van der Waals surface area contributed by atoms with Crippen molar-refractivity contribution in [1.82, 2.24) is 9.78 Å². The molecule has 0 aliphatic rings. The number of esters is 1. The van der Waals surface area contributed by atoms with Crippen LogP contribution in [-0.4, -0.2) is 22.4 Å². The molecule has 0 saturated carbocycles. The fourth-order valence-corrected chi connectivity index (χ4v) is 0.930. The number of carbonyl (C=O) groups is 1. The van der Waals surface area contributed by atoms with Gasteiger partial charge in [-0.1, -0.05) is 5.92 Å². The molecule has 0 spiro atoms. The normalized spacial score (nSPS) is 9.00. The van der Waals surface area contributed by atoms with Crippen molar-refractivity contribution in [3.63, 3.8) is 0 Å². The van der Waals surface area contributed by atoms with E-state index in [1.54, 1.807) is 24.7 Å². The summed E-state index contributed by atoms with van der Waals surface area (Å²) in [6.07, 6.45) is 3.11. The molecular weight excluding hydrogens is 180 g/mol. The Morgan fingerprint density at radius 3 is 3.14 bits per heavy atom. The average molecular weight is 192 g/mol. The van der Waals surface area contributed by atoms with Crippen LogP contribution >= 0.6 is 0 Å². The van der Waals surface area contributed by atoms with E-state index in [4.69, 9.17) is 4.74 Å². The summed E-state index contributed by atoms with van der Waals surface area (Å²) in [7, 11) is 0. The van der Waals surface area contributed by atoms with Crippen molar-refractivity contribution in [1.29, 1.82) is 0 Å². The third-order valence-electron chi connectivity index (χ3n) is 1.56. The first-order chi connectivity index (χ1) is 6.77. The topological polar surface area (TPSA) is 44.1 Å². The first kappa shape index (κ1) is 10.3. The van der Waals surface area contributed by atoms with Crippen molar-refractivity contribution in [2.75, 3.05) is 6.61 Å². The monoisotopic (exact) mass is 192 g/mol. The maximum atomic E-state index is 11.2. The highest BCUT2D eigenvalue weighted by Gasteiger charge is 2.08. The lowest BCUT2D eigenvalue weighted by molar-refractivity contribution is 0.0526. The van der Waals surface area contributed by atoms with Crippen molar-refractivity contribution in [2.24, 2.45) is 0 Å². The molecule has 0 radical (unpaired) electrons. The van der Waals surface area contributed by atoms with Crippen LogP contribution in [0.2, 0.25) is 0 Å². The molecule has 74 valence electrons. The Kier molecular flexibility index (Phi) is 3.74. The maximum absolute atomic E-state index is 11.2. The zero-order valence-electron chi connectivity index (χ0n) is 8.28. The Morgan fingerprint density at radius 2 is 2.50 bits per heavy atom. The Hall–Kier alpha value is -1.76. The molecule has 0 bridgehead atoms. The van der Waals surface area contributed by atoms with Gasteiger partial charge in [0.05, 0.1) is 18.4 Å². The van der Waals surface area contributed by atoms with Crippen molar-refractivity contribution in [3.8, 4) is 11.8 Å². The molecule has 0 aromatic carbocycles. The van der Waals surface area contributed by atoms with Crippen LogP contribution in [0.4, 0.5) is 0 Å². The Labute approximate surface area is 82.9 Å². The number of aromatic nitrogens is 2. The highest BCUT2D eigenvalue weighted by Crippen LogP contribution is 1.99. The highest BCUT2D eigenvalue weighted by atomic mass is 16.5. The minimum absolute atomic E-state index is 0.344. The minimum Gasteiger partial charge on any atom is -0.462 e. The van der Waals surface area contributed by atoms with Crippen LogP contribution in [0, 0.1) is 11.8 Å². The summed E-state index contributed by atoms with van der Waals surface area (Å²) in [5.74, 6) is 5.26. The number of nitrogens with zero attached hydrogens (tertiary/aromatic N) is 2. The van der Waals surface area contributed by atoms with Crippen molar-refractivity contribution >= 4 is 5.97 Å². The molecule has 1 rings (SSSR count). The van der Waals surface area contributed by atoms with Gasteiger partial charge in [-0.3, -0.25) is 4.68 Å². The Morgan fingerprint density at radius 1 is 1.71 bits per heavy atom. The van der Waals surface area contributed by atoms with Gasteiger partial charge < -0.3 is 4.74 Å². The van der Waals surface area contributed by atoms with E-state index in [2.05, 4.69) is 16.9 Å². The van der Waals surface area contributed by atoms with Gasteiger partial charge in [0.25, 0.3) is 0 Å². The summed E-state index contributed by atoms with van der Waals surface area (Å²) in [5.41, 5.74) is 0.463. The first-order valence-electron chi connectivity index (χ1n) is 4.37. The molecule has 0 amide bonds. The van der Waals surface area contributed by atoms with Crippen LogP contribution in [0.3, 0.4) is 0 Å². The predicted octanol–water partition coefficient (Wildman–Crippen LogP) is 1.08. The van der Waals surface area contributed by atoms with Gasteiger partial charge in [-0.2, -0.15) is 5.10 Å². The number of rotatable bonds is 3. The lowest BCUT2D eigenvalue weighted by Crippen LogP contribution is -2.03. The van der Waals surface area contributed by atoms with E-state index in [0.717, 1.165) is 0 Å². The fraction of sp³-hybridized carbons (Fsp3) is 0.400. The molecule has 0 aliphatic carbocycles. The van der Waals surface area contributed by atoms with Crippen LogP contribution in [0.15, 0.2) is 12.4 Å². The largest absolute Gasteiger partial charge is 0.462 e. The quantitative estimate of drug-likeness (QED) is 0.531. The second-order valence-corrected chi connectivity index (χ2v) is 2.57. The third kappa shape index (κ3) is 2.63. The van der Waals surface area contributed by atoms with Crippen LogP contribution in [-0.2, 0) is 11.3 Å². The Balaban J connectivity index is 2.66. The van der Waals surface area contributed by atoms with Gasteiger partial charge >= 0.3 is 5.97 Å².